The second-order valence-corrected chi connectivity index (χ2v) is 7.21. The van der Waals surface area contributed by atoms with Gasteiger partial charge in [-0.1, -0.05) is 24.3 Å². The van der Waals surface area contributed by atoms with E-state index in [0.29, 0.717) is 12.4 Å². The molecule has 0 radical (unpaired) electrons. The van der Waals surface area contributed by atoms with Crippen LogP contribution in [0.25, 0.3) is 0 Å². The third-order valence-corrected chi connectivity index (χ3v) is 5.18. The Bertz CT molecular complexity index is 490. The van der Waals surface area contributed by atoms with Crippen molar-refractivity contribution in [1.29, 1.82) is 0 Å². The van der Waals surface area contributed by atoms with E-state index in [4.69, 9.17) is 15.6 Å². The molecule has 5 heteroatoms. The van der Waals surface area contributed by atoms with Crippen molar-refractivity contribution in [2.75, 3.05) is 12.4 Å². The second-order valence-electron chi connectivity index (χ2n) is 5.54. The molecule has 2 rings (SSSR count). The number of ether oxygens (including phenoxy) is 1. The smallest absolute Gasteiger partial charge is 0.321 e. The summed E-state index contributed by atoms with van der Waals surface area (Å²) in [6.07, 6.45) is 0.959. The molecule has 110 valence electrons. The van der Waals surface area contributed by atoms with Crippen LogP contribution in [-0.2, 0) is 16.0 Å². The monoisotopic (exact) mass is 295 g/mol. The molecule has 20 heavy (non-hydrogen) atoms. The van der Waals surface area contributed by atoms with Gasteiger partial charge in [-0.3, -0.25) is 4.79 Å². The Hall–Kier alpha value is -1.04. The molecule has 0 aliphatic carbocycles. The number of carboxylic acids is 1. The molecule has 1 aliphatic heterocycles. The fourth-order valence-electron chi connectivity index (χ4n) is 2.29. The molecule has 1 unspecified atom stereocenters. The standard InChI is InChI=1S/C15H21NO3S/c1-15(2,13(16)14(17)18)20-9-12-11-6-4-3-5-10(11)7-8-19-12/h3-6,12-13H,7-9,16H2,1-2H3,(H,17,18)/t12?,13-/m0/s1. The fourth-order valence-corrected chi connectivity index (χ4v) is 3.43. The van der Waals surface area contributed by atoms with Crippen molar-refractivity contribution in [2.24, 2.45) is 5.73 Å². The maximum absolute atomic E-state index is 11.0. The third kappa shape index (κ3) is 3.34. The van der Waals surface area contributed by atoms with Gasteiger partial charge >= 0.3 is 5.97 Å². The molecular formula is C15H21NO3S. The number of carboxylic acid groups (broad SMARTS) is 1. The van der Waals surface area contributed by atoms with Gasteiger partial charge in [0, 0.05) is 10.5 Å². The minimum atomic E-state index is -0.965. The van der Waals surface area contributed by atoms with Crippen LogP contribution in [0.2, 0.25) is 0 Å². The molecule has 0 amide bonds. The molecule has 1 heterocycles. The van der Waals surface area contributed by atoms with Crippen LogP contribution in [0.3, 0.4) is 0 Å². The Morgan fingerprint density at radius 2 is 2.25 bits per heavy atom. The van der Waals surface area contributed by atoms with Gasteiger partial charge in [0.2, 0.25) is 0 Å². The fraction of sp³-hybridized carbons (Fsp3) is 0.533. The van der Waals surface area contributed by atoms with Crippen molar-refractivity contribution >= 4 is 17.7 Å². The summed E-state index contributed by atoms with van der Waals surface area (Å²) in [7, 11) is 0. The first-order chi connectivity index (χ1) is 9.42. The van der Waals surface area contributed by atoms with Crippen molar-refractivity contribution in [1.82, 2.24) is 0 Å². The average molecular weight is 295 g/mol. The molecule has 0 saturated heterocycles. The van der Waals surface area contributed by atoms with Gasteiger partial charge in [-0.05, 0) is 31.4 Å². The molecule has 0 spiro atoms. The van der Waals surface area contributed by atoms with Gasteiger partial charge < -0.3 is 15.6 Å². The topological polar surface area (TPSA) is 72.5 Å². The number of thioether (sulfide) groups is 1. The molecule has 1 aromatic carbocycles. The first-order valence-electron chi connectivity index (χ1n) is 6.73. The minimum Gasteiger partial charge on any atom is -0.480 e. The summed E-state index contributed by atoms with van der Waals surface area (Å²) in [6.45, 7) is 4.45. The summed E-state index contributed by atoms with van der Waals surface area (Å²) in [5.41, 5.74) is 8.28. The van der Waals surface area contributed by atoms with Crippen molar-refractivity contribution in [3.8, 4) is 0 Å². The van der Waals surface area contributed by atoms with Gasteiger partial charge in [0.05, 0.1) is 12.7 Å². The normalized spacial score (nSPS) is 20.2. The molecule has 4 nitrogen and oxygen atoms in total. The predicted octanol–water partition coefficient (Wildman–Crippen LogP) is 2.22. The third-order valence-electron chi connectivity index (χ3n) is 3.71. The number of rotatable bonds is 5. The number of carbonyl (C=O) groups is 1. The van der Waals surface area contributed by atoms with Crippen LogP contribution >= 0.6 is 11.8 Å². The van der Waals surface area contributed by atoms with Crippen LogP contribution in [0.5, 0.6) is 0 Å². The minimum absolute atomic E-state index is 0.0187. The first kappa shape index (κ1) is 15.4. The molecule has 1 aromatic rings. The Kier molecular flexibility index (Phi) is 4.73. The van der Waals surface area contributed by atoms with E-state index in [1.165, 1.54) is 11.1 Å². The highest BCUT2D eigenvalue weighted by molar-refractivity contribution is 8.00. The number of hydrogen-bond acceptors (Lipinski definition) is 4. The zero-order valence-corrected chi connectivity index (χ0v) is 12.7. The van der Waals surface area contributed by atoms with Crippen molar-refractivity contribution in [3.05, 3.63) is 35.4 Å². The maximum Gasteiger partial charge on any atom is 0.321 e. The van der Waals surface area contributed by atoms with E-state index in [9.17, 15) is 4.79 Å². The Morgan fingerprint density at radius 1 is 1.55 bits per heavy atom. The Morgan fingerprint density at radius 3 is 2.95 bits per heavy atom. The molecule has 2 atom stereocenters. The maximum atomic E-state index is 11.0. The van der Waals surface area contributed by atoms with Gasteiger partial charge in [0.1, 0.15) is 6.04 Å². The van der Waals surface area contributed by atoms with Gasteiger partial charge in [-0.2, -0.15) is 11.8 Å². The van der Waals surface area contributed by atoms with E-state index in [1.807, 2.05) is 26.0 Å². The highest BCUT2D eigenvalue weighted by Crippen LogP contribution is 2.35. The van der Waals surface area contributed by atoms with Crippen LogP contribution in [0, 0.1) is 0 Å². The lowest BCUT2D eigenvalue weighted by Crippen LogP contribution is -2.47. The highest BCUT2D eigenvalue weighted by Gasteiger charge is 2.34. The van der Waals surface area contributed by atoms with E-state index in [0.717, 1.165) is 6.42 Å². The lowest BCUT2D eigenvalue weighted by molar-refractivity contribution is -0.139. The summed E-state index contributed by atoms with van der Waals surface area (Å²) in [5, 5.41) is 9.04. The number of benzene rings is 1. The van der Waals surface area contributed by atoms with Gasteiger partial charge in [-0.25, -0.2) is 0 Å². The van der Waals surface area contributed by atoms with E-state index in [-0.39, 0.29) is 6.10 Å². The van der Waals surface area contributed by atoms with E-state index in [2.05, 4.69) is 12.1 Å². The molecule has 0 aromatic heterocycles. The molecule has 0 bridgehead atoms. The number of aliphatic carboxylic acids is 1. The summed E-state index contributed by atoms with van der Waals surface area (Å²) >= 11 is 1.55. The van der Waals surface area contributed by atoms with E-state index in [1.54, 1.807) is 11.8 Å². The van der Waals surface area contributed by atoms with Gasteiger partial charge in [0.25, 0.3) is 0 Å². The van der Waals surface area contributed by atoms with Crippen LogP contribution in [0.1, 0.15) is 31.1 Å². The molecule has 0 saturated carbocycles. The van der Waals surface area contributed by atoms with Crippen molar-refractivity contribution < 1.29 is 14.6 Å². The molecule has 0 fully saturated rings. The summed E-state index contributed by atoms with van der Waals surface area (Å²) in [4.78, 5) is 11.0. The van der Waals surface area contributed by atoms with E-state index < -0.39 is 16.8 Å². The van der Waals surface area contributed by atoms with Crippen LogP contribution in [0.15, 0.2) is 24.3 Å². The number of nitrogens with two attached hydrogens (primary N) is 1. The van der Waals surface area contributed by atoms with Crippen LogP contribution in [0.4, 0.5) is 0 Å². The number of fused-ring (bicyclic) bond motifs is 1. The first-order valence-corrected chi connectivity index (χ1v) is 7.72. The second kappa shape index (κ2) is 6.16. The van der Waals surface area contributed by atoms with Crippen molar-refractivity contribution in [2.45, 2.75) is 37.2 Å². The quantitative estimate of drug-likeness (QED) is 0.871. The molecule has 1 aliphatic rings. The average Bonchev–Trinajstić information content (AvgIpc) is 2.44. The zero-order chi connectivity index (χ0) is 14.8. The predicted molar refractivity (Wildman–Crippen MR) is 81.0 cm³/mol. The van der Waals surface area contributed by atoms with E-state index >= 15 is 0 Å². The Labute approximate surface area is 123 Å². The van der Waals surface area contributed by atoms with Gasteiger partial charge in [0.15, 0.2) is 0 Å². The lowest BCUT2D eigenvalue weighted by atomic mass is 9.99. The molecule has 3 N–H and O–H groups in total. The van der Waals surface area contributed by atoms with Crippen LogP contribution in [-0.4, -0.2) is 34.2 Å². The SMILES string of the molecule is CC(C)(SCC1OCCc2ccccc21)[C@@H](N)C(=O)O. The van der Waals surface area contributed by atoms with Crippen LogP contribution < -0.4 is 5.73 Å². The molecular weight excluding hydrogens is 274 g/mol. The number of hydrogen-bond donors (Lipinski definition) is 2. The largest absolute Gasteiger partial charge is 0.480 e. The summed E-state index contributed by atoms with van der Waals surface area (Å²) < 4.78 is 5.30. The van der Waals surface area contributed by atoms with Gasteiger partial charge in [-0.15, -0.1) is 0 Å². The van der Waals surface area contributed by atoms with Crippen molar-refractivity contribution in [3.63, 3.8) is 0 Å². The Balaban J connectivity index is 2.04. The highest BCUT2D eigenvalue weighted by atomic mass is 32.2. The zero-order valence-electron chi connectivity index (χ0n) is 11.8. The summed E-state index contributed by atoms with van der Waals surface area (Å²) in [6, 6.07) is 7.39. The summed E-state index contributed by atoms with van der Waals surface area (Å²) in [5.74, 6) is -0.252. The lowest BCUT2D eigenvalue weighted by Gasteiger charge is -2.32.